The molecule has 1 saturated heterocycles. The molecule has 0 bridgehead atoms. The van der Waals surface area contributed by atoms with Crippen LogP contribution < -0.4 is 10.9 Å². The molecule has 0 saturated carbocycles. The lowest BCUT2D eigenvalue weighted by atomic mass is 10.0. The summed E-state index contributed by atoms with van der Waals surface area (Å²) in [6, 6.07) is 16.5. The zero-order valence-electron chi connectivity index (χ0n) is 23.8. The zero-order valence-corrected chi connectivity index (χ0v) is 23.8. The number of rotatable bonds is 9. The summed E-state index contributed by atoms with van der Waals surface area (Å²) in [6.45, 7) is 8.37. The molecule has 0 unspecified atom stereocenters. The van der Waals surface area contributed by atoms with E-state index in [1.54, 1.807) is 23.1 Å². The Hall–Kier alpha value is -4.31. The van der Waals surface area contributed by atoms with Gasteiger partial charge in [-0.05, 0) is 47.2 Å². The molecule has 9 heteroatoms. The molecule has 3 heterocycles. The van der Waals surface area contributed by atoms with Crippen LogP contribution in [0.15, 0.2) is 71.9 Å². The highest BCUT2D eigenvalue weighted by Crippen LogP contribution is 2.32. The quantitative estimate of drug-likeness (QED) is 0.286. The maximum absolute atomic E-state index is 13.0. The lowest BCUT2D eigenvalue weighted by molar-refractivity contribution is 0.102. The van der Waals surface area contributed by atoms with E-state index in [4.69, 9.17) is 0 Å². The number of carbonyl (C=O) groups is 1. The number of carbonyl (C=O) groups excluding carboxylic acids is 1. The van der Waals surface area contributed by atoms with Gasteiger partial charge in [-0.1, -0.05) is 54.1 Å². The lowest BCUT2D eigenvalue weighted by Crippen LogP contribution is -2.46. The van der Waals surface area contributed by atoms with Gasteiger partial charge in [-0.15, -0.1) is 0 Å². The Labute approximate surface area is 246 Å². The number of amides is 1. The topological polar surface area (TPSA) is 106 Å². The smallest absolute Gasteiger partial charge is 0.258 e. The number of aliphatic hydroxyl groups excluding tert-OH is 1. The van der Waals surface area contributed by atoms with Crippen molar-refractivity contribution in [2.75, 3.05) is 44.6 Å². The van der Waals surface area contributed by atoms with Crippen LogP contribution in [0.3, 0.4) is 0 Å². The predicted molar refractivity (Wildman–Crippen MR) is 166 cm³/mol. The molecular weight excluding hydrogens is 528 g/mol. The molecule has 2 aromatic carbocycles. The molecule has 4 aromatic rings. The van der Waals surface area contributed by atoms with Crippen LogP contribution in [0.25, 0.3) is 11.6 Å². The third-order valence-electron chi connectivity index (χ3n) is 8.08. The summed E-state index contributed by atoms with van der Waals surface area (Å²) in [5.41, 5.74) is 8.16. The van der Waals surface area contributed by atoms with Crippen molar-refractivity contribution in [3.63, 3.8) is 0 Å². The highest BCUT2D eigenvalue weighted by Gasteiger charge is 2.20. The summed E-state index contributed by atoms with van der Waals surface area (Å²) in [5, 5.41) is 16.4. The van der Waals surface area contributed by atoms with Gasteiger partial charge in [0, 0.05) is 58.7 Å². The van der Waals surface area contributed by atoms with Crippen LogP contribution in [0, 0.1) is 6.92 Å². The van der Waals surface area contributed by atoms with Gasteiger partial charge in [0.1, 0.15) is 0 Å². The number of aromatic amines is 1. The number of anilines is 1. The molecule has 9 nitrogen and oxygen atoms in total. The minimum absolute atomic E-state index is 0. The predicted octanol–water partition coefficient (Wildman–Crippen LogP) is 3.63. The summed E-state index contributed by atoms with van der Waals surface area (Å²) in [4.78, 5) is 33.3. The second kappa shape index (κ2) is 12.3. The minimum atomic E-state index is -0.284. The molecule has 1 aliphatic heterocycles. The van der Waals surface area contributed by atoms with E-state index in [1.165, 1.54) is 22.9 Å². The first-order valence-electron chi connectivity index (χ1n) is 14.4. The van der Waals surface area contributed by atoms with E-state index >= 15 is 0 Å². The number of hydrogen-bond acceptors (Lipinski definition) is 6. The number of fused-ring (bicyclic) bond motifs is 1. The van der Waals surface area contributed by atoms with E-state index in [0.717, 1.165) is 56.0 Å². The number of nitrogens with one attached hydrogen (secondary N) is 2. The van der Waals surface area contributed by atoms with E-state index in [1.807, 2.05) is 6.92 Å². The number of allylic oxidation sites excluding steroid dienone is 1. The number of H-pyrrole nitrogens is 1. The first-order valence-corrected chi connectivity index (χ1v) is 14.4. The Balaban J connectivity index is 0.00000368. The molecule has 218 valence electrons. The molecule has 3 N–H and O–H groups in total. The molecule has 2 aliphatic rings. The van der Waals surface area contributed by atoms with Crippen molar-refractivity contribution in [2.24, 2.45) is 0 Å². The van der Waals surface area contributed by atoms with Crippen molar-refractivity contribution < 1.29 is 11.3 Å². The van der Waals surface area contributed by atoms with Crippen LogP contribution in [0.1, 0.15) is 45.2 Å². The second-order valence-electron chi connectivity index (χ2n) is 11.2. The van der Waals surface area contributed by atoms with Gasteiger partial charge in [0.25, 0.3) is 11.5 Å². The van der Waals surface area contributed by atoms with E-state index in [0.29, 0.717) is 29.8 Å². The molecule has 42 heavy (non-hydrogen) atoms. The van der Waals surface area contributed by atoms with E-state index < -0.39 is 0 Å². The SMILES string of the molecule is Cc1ccc(Cn2cc(C(=O)Nc3c[nH]c(=O)c(C4=Cc5cc(CN6CCN(CCO)CC6)ccc5C4)c3)cn2)cc1.[HH]. The van der Waals surface area contributed by atoms with E-state index in [9.17, 15) is 14.7 Å². The van der Waals surface area contributed by atoms with Gasteiger partial charge in [-0.25, -0.2) is 0 Å². The summed E-state index contributed by atoms with van der Waals surface area (Å²) in [5.74, 6) is -0.284. The number of piperazine rings is 1. The summed E-state index contributed by atoms with van der Waals surface area (Å²) >= 11 is 0. The summed E-state index contributed by atoms with van der Waals surface area (Å²) in [6.07, 6.45) is 7.57. The van der Waals surface area contributed by atoms with Crippen molar-refractivity contribution in [3.05, 3.63) is 116 Å². The van der Waals surface area contributed by atoms with Gasteiger partial charge >= 0.3 is 0 Å². The normalized spacial score (nSPS) is 15.4. The molecule has 0 radical (unpaired) electrons. The third-order valence-corrected chi connectivity index (χ3v) is 8.08. The van der Waals surface area contributed by atoms with Gasteiger partial charge in [0.05, 0.1) is 30.6 Å². The van der Waals surface area contributed by atoms with Gasteiger partial charge in [0.15, 0.2) is 0 Å². The van der Waals surface area contributed by atoms with E-state index in [-0.39, 0.29) is 19.5 Å². The van der Waals surface area contributed by atoms with Crippen LogP contribution in [-0.2, 0) is 19.5 Å². The molecule has 2 aromatic heterocycles. The van der Waals surface area contributed by atoms with Gasteiger partial charge in [0.2, 0.25) is 0 Å². The van der Waals surface area contributed by atoms with E-state index in [2.05, 4.69) is 73.7 Å². The van der Waals surface area contributed by atoms with Crippen molar-refractivity contribution in [2.45, 2.75) is 26.4 Å². The number of aryl methyl sites for hydroxylation is 1. The number of aromatic nitrogens is 3. The van der Waals surface area contributed by atoms with Crippen molar-refractivity contribution in [1.29, 1.82) is 0 Å². The highest BCUT2D eigenvalue weighted by molar-refractivity contribution is 6.04. The fraction of sp³-hybridized carbons (Fsp3) is 0.303. The Morgan fingerprint density at radius 2 is 1.79 bits per heavy atom. The average Bonchev–Trinajstić information content (AvgIpc) is 3.63. The lowest BCUT2D eigenvalue weighted by Gasteiger charge is -2.34. The molecule has 1 amide bonds. The fourth-order valence-corrected chi connectivity index (χ4v) is 5.67. The third kappa shape index (κ3) is 6.44. The second-order valence-corrected chi connectivity index (χ2v) is 11.2. The van der Waals surface area contributed by atoms with Gasteiger partial charge in [-0.3, -0.25) is 24.1 Å². The number of hydrogen-bond donors (Lipinski definition) is 3. The van der Waals surface area contributed by atoms with Crippen LogP contribution in [0.5, 0.6) is 0 Å². The summed E-state index contributed by atoms with van der Waals surface area (Å²) in [7, 11) is 0. The molecule has 1 fully saturated rings. The first kappa shape index (κ1) is 27.8. The van der Waals surface area contributed by atoms with Crippen LogP contribution in [0.2, 0.25) is 0 Å². The van der Waals surface area contributed by atoms with Crippen LogP contribution in [0.4, 0.5) is 5.69 Å². The zero-order chi connectivity index (χ0) is 29.1. The van der Waals surface area contributed by atoms with Gasteiger partial charge < -0.3 is 15.4 Å². The first-order chi connectivity index (χ1) is 20.4. The Morgan fingerprint density at radius 1 is 1.02 bits per heavy atom. The molecule has 6 rings (SSSR count). The minimum Gasteiger partial charge on any atom is -0.395 e. The number of aliphatic hydroxyl groups is 1. The van der Waals surface area contributed by atoms with Gasteiger partial charge in [-0.2, -0.15) is 5.10 Å². The number of nitrogens with zero attached hydrogens (tertiary/aromatic N) is 4. The van der Waals surface area contributed by atoms with Crippen LogP contribution in [-0.4, -0.2) is 74.9 Å². The Bertz CT molecular complexity index is 1670. The highest BCUT2D eigenvalue weighted by atomic mass is 16.3. The fourth-order valence-electron chi connectivity index (χ4n) is 5.67. The summed E-state index contributed by atoms with van der Waals surface area (Å²) < 4.78 is 1.74. The molecular formula is C33H38N6O3. The standard InChI is InChI=1S/C33H36N6O3.H2/c1-23-2-4-24(5-3-23)21-39-22-29(18-35-39)32(41)36-30-17-31(33(42)34-19-30)28-15-26-7-6-25(14-27(26)16-28)20-38-10-8-37(9-11-38)12-13-40;/h2-7,14,16-19,22,40H,8-13,15,20-21H2,1H3,(H,34,42)(H,36,41);1H. The number of benzene rings is 2. The average molecular weight is 567 g/mol. The van der Waals surface area contributed by atoms with Crippen molar-refractivity contribution in [1.82, 2.24) is 24.6 Å². The maximum Gasteiger partial charge on any atom is 0.258 e. The molecule has 0 spiro atoms. The maximum atomic E-state index is 13.0. The van der Waals surface area contributed by atoms with Crippen molar-refractivity contribution in [3.8, 4) is 0 Å². The molecule has 0 atom stereocenters. The molecule has 1 aliphatic carbocycles. The largest absolute Gasteiger partial charge is 0.395 e. The Morgan fingerprint density at radius 3 is 2.57 bits per heavy atom. The van der Waals surface area contributed by atoms with Crippen LogP contribution >= 0.6 is 0 Å². The monoisotopic (exact) mass is 566 g/mol. The Kier molecular flexibility index (Phi) is 8.14. The number of pyridine rings is 1. The number of β-amino-alcohol motifs (C(OH)–C–C–N with tert-alkyl or cyclic N) is 1. The van der Waals surface area contributed by atoms with Crippen molar-refractivity contribution >= 4 is 23.2 Å².